The summed E-state index contributed by atoms with van der Waals surface area (Å²) >= 11 is 0. The zero-order valence-corrected chi connectivity index (χ0v) is 8.10. The van der Waals surface area contributed by atoms with Crippen LogP contribution in [0.3, 0.4) is 0 Å². The van der Waals surface area contributed by atoms with Gasteiger partial charge in [0.05, 0.1) is 11.5 Å². The van der Waals surface area contributed by atoms with Gasteiger partial charge in [0.15, 0.2) is 9.84 Å². The summed E-state index contributed by atoms with van der Waals surface area (Å²) in [7, 11) is -2.98. The lowest BCUT2D eigenvalue weighted by Crippen LogP contribution is -2.42. The lowest BCUT2D eigenvalue weighted by Gasteiger charge is -2.31. The Morgan fingerprint density at radius 3 is 2.62 bits per heavy atom. The normalized spacial score (nSPS) is 37.7. The number of esters is 1. The minimum Gasteiger partial charge on any atom is -0.458 e. The van der Waals surface area contributed by atoms with Gasteiger partial charge in [-0.05, 0) is 19.3 Å². The molecule has 1 unspecified atom stereocenters. The van der Waals surface area contributed by atoms with Crippen molar-refractivity contribution in [2.45, 2.75) is 31.3 Å². The SMILES string of the molecule is O=C1CCC2(CCCS(=O)(=O)C2)O1. The second-order valence-corrected chi connectivity index (χ2v) is 6.04. The van der Waals surface area contributed by atoms with Crippen molar-refractivity contribution in [3.63, 3.8) is 0 Å². The van der Waals surface area contributed by atoms with Gasteiger partial charge in [-0.1, -0.05) is 0 Å². The molecule has 2 heterocycles. The van der Waals surface area contributed by atoms with Crippen molar-refractivity contribution in [1.29, 1.82) is 0 Å². The third-order valence-electron chi connectivity index (χ3n) is 2.69. The number of ether oxygens (including phenoxy) is 1. The Morgan fingerprint density at radius 2 is 2.08 bits per heavy atom. The molecule has 0 saturated carbocycles. The molecule has 1 spiro atoms. The number of hydrogen-bond acceptors (Lipinski definition) is 4. The number of hydrogen-bond donors (Lipinski definition) is 0. The summed E-state index contributed by atoms with van der Waals surface area (Å²) in [6, 6.07) is 0. The Balaban J connectivity index is 2.20. The number of sulfone groups is 1. The molecule has 2 rings (SSSR count). The first-order valence-corrected chi connectivity index (χ1v) is 6.26. The molecule has 2 aliphatic rings. The molecule has 0 N–H and O–H groups in total. The lowest BCUT2D eigenvalue weighted by atomic mass is 9.96. The Hall–Kier alpha value is -0.580. The van der Waals surface area contributed by atoms with Crippen molar-refractivity contribution in [3.05, 3.63) is 0 Å². The average molecular weight is 204 g/mol. The van der Waals surface area contributed by atoms with Crippen LogP contribution in [-0.4, -0.2) is 31.5 Å². The van der Waals surface area contributed by atoms with E-state index in [1.54, 1.807) is 0 Å². The highest BCUT2D eigenvalue weighted by atomic mass is 32.2. The molecule has 2 saturated heterocycles. The highest BCUT2D eigenvalue weighted by molar-refractivity contribution is 7.91. The molecule has 2 aliphatic heterocycles. The molecular formula is C8H12O4S. The van der Waals surface area contributed by atoms with Crippen LogP contribution in [0.25, 0.3) is 0 Å². The van der Waals surface area contributed by atoms with Gasteiger partial charge in [0, 0.05) is 6.42 Å². The maximum Gasteiger partial charge on any atom is 0.306 e. The van der Waals surface area contributed by atoms with E-state index >= 15 is 0 Å². The smallest absolute Gasteiger partial charge is 0.306 e. The summed E-state index contributed by atoms with van der Waals surface area (Å²) in [5, 5.41) is 0. The van der Waals surface area contributed by atoms with Crippen LogP contribution in [0.2, 0.25) is 0 Å². The van der Waals surface area contributed by atoms with Crippen LogP contribution < -0.4 is 0 Å². The highest BCUT2D eigenvalue weighted by Crippen LogP contribution is 2.35. The van der Waals surface area contributed by atoms with Crippen molar-refractivity contribution in [1.82, 2.24) is 0 Å². The highest BCUT2D eigenvalue weighted by Gasteiger charge is 2.46. The van der Waals surface area contributed by atoms with Crippen LogP contribution in [-0.2, 0) is 19.4 Å². The Kier molecular flexibility index (Phi) is 1.87. The van der Waals surface area contributed by atoms with Crippen LogP contribution in [0.4, 0.5) is 0 Å². The Labute approximate surface area is 77.2 Å². The molecule has 0 aromatic carbocycles. The van der Waals surface area contributed by atoms with Gasteiger partial charge < -0.3 is 4.74 Å². The zero-order valence-electron chi connectivity index (χ0n) is 7.28. The van der Waals surface area contributed by atoms with Crippen LogP contribution in [0.5, 0.6) is 0 Å². The maximum absolute atomic E-state index is 11.3. The zero-order chi connectivity index (χ0) is 9.53. The van der Waals surface area contributed by atoms with E-state index < -0.39 is 15.4 Å². The first-order valence-electron chi connectivity index (χ1n) is 4.44. The predicted octanol–water partition coefficient (Wildman–Crippen LogP) is 0.271. The maximum atomic E-state index is 11.3. The molecule has 0 amide bonds. The van der Waals surface area contributed by atoms with Gasteiger partial charge in [-0.3, -0.25) is 4.79 Å². The molecule has 1 atom stereocenters. The lowest BCUT2D eigenvalue weighted by molar-refractivity contribution is -0.147. The molecule has 0 radical (unpaired) electrons. The summed E-state index contributed by atoms with van der Waals surface area (Å²) < 4.78 is 27.8. The van der Waals surface area contributed by atoms with E-state index in [1.165, 1.54) is 0 Å². The van der Waals surface area contributed by atoms with Gasteiger partial charge in [-0.15, -0.1) is 0 Å². The summed E-state index contributed by atoms with van der Waals surface area (Å²) in [5.74, 6) is 0.0231. The standard InChI is InChI=1S/C8H12O4S/c9-7-2-4-8(12-7)3-1-5-13(10,11)6-8/h1-6H2. The van der Waals surface area contributed by atoms with E-state index in [9.17, 15) is 13.2 Å². The number of carbonyl (C=O) groups excluding carboxylic acids is 1. The van der Waals surface area contributed by atoms with E-state index in [0.29, 0.717) is 25.7 Å². The molecule has 5 heteroatoms. The average Bonchev–Trinajstić information content (AvgIpc) is 2.29. The molecule has 13 heavy (non-hydrogen) atoms. The van der Waals surface area contributed by atoms with Crippen molar-refractivity contribution in [2.24, 2.45) is 0 Å². The molecule has 0 aromatic rings. The largest absolute Gasteiger partial charge is 0.458 e. The van der Waals surface area contributed by atoms with E-state index in [2.05, 4.69) is 0 Å². The predicted molar refractivity (Wildman–Crippen MR) is 45.9 cm³/mol. The molecule has 0 aromatic heterocycles. The first kappa shape index (κ1) is 8.99. The summed E-state index contributed by atoms with van der Waals surface area (Å²) in [6.45, 7) is 0. The Bertz CT molecular complexity index is 332. The van der Waals surface area contributed by atoms with Crippen molar-refractivity contribution in [2.75, 3.05) is 11.5 Å². The molecule has 2 fully saturated rings. The fourth-order valence-electron chi connectivity index (χ4n) is 2.11. The fourth-order valence-corrected chi connectivity index (χ4v) is 3.99. The van der Waals surface area contributed by atoms with Gasteiger partial charge in [-0.2, -0.15) is 0 Å². The first-order chi connectivity index (χ1) is 6.02. The van der Waals surface area contributed by atoms with Crippen LogP contribution in [0, 0.1) is 0 Å². The van der Waals surface area contributed by atoms with Gasteiger partial charge in [0.25, 0.3) is 0 Å². The van der Waals surface area contributed by atoms with Gasteiger partial charge in [0.1, 0.15) is 5.60 Å². The second kappa shape index (κ2) is 2.70. The molecule has 0 aliphatic carbocycles. The van der Waals surface area contributed by atoms with E-state index in [0.717, 1.165) is 0 Å². The summed E-state index contributed by atoms with van der Waals surface area (Å²) in [6.07, 6.45) is 2.27. The van der Waals surface area contributed by atoms with E-state index in [4.69, 9.17) is 4.74 Å². The quantitative estimate of drug-likeness (QED) is 0.531. The van der Waals surface area contributed by atoms with Gasteiger partial charge in [-0.25, -0.2) is 8.42 Å². The third kappa shape index (κ3) is 1.70. The molecule has 0 bridgehead atoms. The minimum atomic E-state index is -2.98. The van der Waals surface area contributed by atoms with Crippen LogP contribution in [0.1, 0.15) is 25.7 Å². The van der Waals surface area contributed by atoms with E-state index in [-0.39, 0.29) is 17.5 Å². The van der Waals surface area contributed by atoms with E-state index in [1.807, 2.05) is 0 Å². The van der Waals surface area contributed by atoms with Crippen molar-refractivity contribution < 1.29 is 17.9 Å². The fraction of sp³-hybridized carbons (Fsp3) is 0.875. The molecular weight excluding hydrogens is 192 g/mol. The third-order valence-corrected chi connectivity index (χ3v) is 4.56. The summed E-state index contributed by atoms with van der Waals surface area (Å²) in [4.78, 5) is 10.9. The Morgan fingerprint density at radius 1 is 1.31 bits per heavy atom. The van der Waals surface area contributed by atoms with Crippen LogP contribution >= 0.6 is 0 Å². The molecule has 4 nitrogen and oxygen atoms in total. The topological polar surface area (TPSA) is 60.4 Å². The van der Waals surface area contributed by atoms with Gasteiger partial charge in [0.2, 0.25) is 0 Å². The minimum absolute atomic E-state index is 0.0335. The van der Waals surface area contributed by atoms with Crippen molar-refractivity contribution in [3.8, 4) is 0 Å². The molecule has 74 valence electrons. The number of carbonyl (C=O) groups is 1. The van der Waals surface area contributed by atoms with Gasteiger partial charge >= 0.3 is 5.97 Å². The van der Waals surface area contributed by atoms with Crippen LogP contribution in [0.15, 0.2) is 0 Å². The summed E-state index contributed by atoms with van der Waals surface area (Å²) in [5.41, 5.74) is -0.659. The second-order valence-electron chi connectivity index (χ2n) is 3.85. The number of rotatable bonds is 0. The van der Waals surface area contributed by atoms with Crippen molar-refractivity contribution >= 4 is 15.8 Å². The monoisotopic (exact) mass is 204 g/mol.